The van der Waals surface area contributed by atoms with E-state index in [4.69, 9.17) is 10.2 Å². The van der Waals surface area contributed by atoms with Crippen molar-refractivity contribution >= 4 is 0 Å². The van der Waals surface area contributed by atoms with Gasteiger partial charge in [0.25, 0.3) is 0 Å². The normalized spacial score (nSPS) is 16.8. The predicted molar refractivity (Wildman–Crippen MR) is 37.1 cm³/mol. The van der Waals surface area contributed by atoms with Crippen LogP contribution in [-0.2, 0) is 0 Å². The fourth-order valence-corrected chi connectivity index (χ4v) is 0.542. The quantitative estimate of drug-likeness (QED) is 0.550. The monoisotopic (exact) mass is 130 g/mol. The summed E-state index contributed by atoms with van der Waals surface area (Å²) in [6, 6.07) is 0. The molecule has 0 bridgehead atoms. The van der Waals surface area contributed by atoms with E-state index in [0.717, 1.165) is 0 Å². The topological polar surface area (TPSA) is 40.5 Å². The van der Waals surface area contributed by atoms with Crippen LogP contribution in [0.2, 0.25) is 0 Å². The molecule has 9 heavy (non-hydrogen) atoms. The summed E-state index contributed by atoms with van der Waals surface area (Å²) in [5.74, 6) is 0. The first-order valence-corrected chi connectivity index (χ1v) is 3.19. The molecule has 2 heteroatoms. The highest BCUT2D eigenvalue weighted by atomic mass is 16.3. The average Bonchev–Trinajstić information content (AvgIpc) is 1.87. The third kappa shape index (κ3) is 4.18. The highest BCUT2D eigenvalue weighted by molar-refractivity contribution is 4.79. The Morgan fingerprint density at radius 3 is 2.44 bits per heavy atom. The lowest BCUT2D eigenvalue weighted by atomic mass is 10.1. The molecule has 0 heterocycles. The molecule has 0 saturated carbocycles. The Hall–Kier alpha value is -0.340. The van der Waals surface area contributed by atoms with Gasteiger partial charge in [0, 0.05) is 6.42 Å². The van der Waals surface area contributed by atoms with Crippen molar-refractivity contribution in [2.45, 2.75) is 32.0 Å². The minimum Gasteiger partial charge on any atom is -0.393 e. The van der Waals surface area contributed by atoms with Gasteiger partial charge in [-0.1, -0.05) is 13.0 Å². The molecule has 0 fully saturated rings. The van der Waals surface area contributed by atoms with Crippen LogP contribution >= 0.6 is 0 Å². The lowest BCUT2D eigenvalue weighted by molar-refractivity contribution is 0.101. The Morgan fingerprint density at radius 1 is 1.56 bits per heavy atom. The largest absolute Gasteiger partial charge is 0.393 e. The van der Waals surface area contributed by atoms with Gasteiger partial charge in [0.15, 0.2) is 0 Å². The van der Waals surface area contributed by atoms with Gasteiger partial charge in [0.1, 0.15) is 0 Å². The molecule has 2 nitrogen and oxygen atoms in total. The van der Waals surface area contributed by atoms with Gasteiger partial charge in [-0.05, 0) is 6.42 Å². The average molecular weight is 130 g/mol. The van der Waals surface area contributed by atoms with Gasteiger partial charge < -0.3 is 10.2 Å². The SMILES string of the molecule is C=CC(O)CC(O)CC. The molecule has 2 unspecified atom stereocenters. The van der Waals surface area contributed by atoms with Gasteiger partial charge in [-0.25, -0.2) is 0 Å². The highest BCUT2D eigenvalue weighted by Crippen LogP contribution is 2.01. The van der Waals surface area contributed by atoms with Gasteiger partial charge in [-0.3, -0.25) is 0 Å². The van der Waals surface area contributed by atoms with Crippen LogP contribution in [0.25, 0.3) is 0 Å². The summed E-state index contributed by atoms with van der Waals surface area (Å²) in [5.41, 5.74) is 0. The summed E-state index contributed by atoms with van der Waals surface area (Å²) < 4.78 is 0. The van der Waals surface area contributed by atoms with E-state index in [2.05, 4.69) is 6.58 Å². The van der Waals surface area contributed by atoms with E-state index in [9.17, 15) is 0 Å². The van der Waals surface area contributed by atoms with Crippen molar-refractivity contribution in [3.63, 3.8) is 0 Å². The molecule has 0 rings (SSSR count). The van der Waals surface area contributed by atoms with Crippen LogP contribution in [0.4, 0.5) is 0 Å². The fourth-order valence-electron chi connectivity index (χ4n) is 0.542. The van der Waals surface area contributed by atoms with E-state index in [1.54, 1.807) is 0 Å². The minimum absolute atomic E-state index is 0.391. The molecule has 0 aromatic heterocycles. The molecular weight excluding hydrogens is 116 g/mol. The van der Waals surface area contributed by atoms with Gasteiger partial charge in [0.05, 0.1) is 12.2 Å². The Bertz CT molecular complexity index is 81.0. The molecule has 0 radical (unpaired) electrons. The molecule has 0 aromatic carbocycles. The molecule has 54 valence electrons. The Morgan fingerprint density at radius 2 is 2.11 bits per heavy atom. The molecule has 2 N–H and O–H groups in total. The van der Waals surface area contributed by atoms with Crippen LogP contribution in [0.15, 0.2) is 12.7 Å². The zero-order chi connectivity index (χ0) is 7.28. The van der Waals surface area contributed by atoms with Crippen molar-refractivity contribution in [3.05, 3.63) is 12.7 Å². The van der Waals surface area contributed by atoms with E-state index < -0.39 is 12.2 Å². The highest BCUT2D eigenvalue weighted by Gasteiger charge is 2.04. The molecule has 0 aromatic rings. The first-order chi connectivity index (χ1) is 4.20. The number of hydrogen-bond acceptors (Lipinski definition) is 2. The van der Waals surface area contributed by atoms with Crippen molar-refractivity contribution in [2.75, 3.05) is 0 Å². The standard InChI is InChI=1S/C7H14O2/c1-3-6(8)5-7(9)4-2/h3,6-9H,1,4-5H2,2H3. The second-order valence-corrected chi connectivity index (χ2v) is 2.10. The number of rotatable bonds is 4. The Labute approximate surface area is 55.8 Å². The fraction of sp³-hybridized carbons (Fsp3) is 0.714. The molecule has 0 spiro atoms. The summed E-state index contributed by atoms with van der Waals surface area (Å²) in [4.78, 5) is 0. The molecule has 0 aliphatic rings. The van der Waals surface area contributed by atoms with Crippen molar-refractivity contribution < 1.29 is 10.2 Å². The number of hydrogen-bond donors (Lipinski definition) is 2. The van der Waals surface area contributed by atoms with Crippen molar-refractivity contribution in [2.24, 2.45) is 0 Å². The van der Waals surface area contributed by atoms with Crippen LogP contribution in [0, 0.1) is 0 Å². The summed E-state index contributed by atoms with van der Waals surface area (Å²) in [7, 11) is 0. The van der Waals surface area contributed by atoms with E-state index in [1.807, 2.05) is 6.92 Å². The summed E-state index contributed by atoms with van der Waals surface area (Å²) in [6.07, 6.45) is 1.57. The third-order valence-corrected chi connectivity index (χ3v) is 1.26. The second kappa shape index (κ2) is 4.53. The molecule has 2 atom stereocenters. The maximum absolute atomic E-state index is 8.95. The predicted octanol–water partition coefficient (Wildman–Crippen LogP) is 0.694. The van der Waals surface area contributed by atoms with E-state index in [-0.39, 0.29) is 0 Å². The minimum atomic E-state index is -0.556. The zero-order valence-electron chi connectivity index (χ0n) is 5.75. The maximum atomic E-state index is 8.95. The second-order valence-electron chi connectivity index (χ2n) is 2.10. The summed E-state index contributed by atoms with van der Waals surface area (Å²) in [6.45, 7) is 5.26. The van der Waals surface area contributed by atoms with Crippen molar-refractivity contribution in [1.82, 2.24) is 0 Å². The van der Waals surface area contributed by atoms with Crippen LogP contribution in [0.3, 0.4) is 0 Å². The first kappa shape index (κ1) is 8.66. The van der Waals surface area contributed by atoms with E-state index in [0.29, 0.717) is 12.8 Å². The Kier molecular flexibility index (Phi) is 4.36. The first-order valence-electron chi connectivity index (χ1n) is 3.19. The van der Waals surface area contributed by atoms with Gasteiger partial charge >= 0.3 is 0 Å². The van der Waals surface area contributed by atoms with Gasteiger partial charge in [-0.2, -0.15) is 0 Å². The molecular formula is C7H14O2. The van der Waals surface area contributed by atoms with E-state index >= 15 is 0 Å². The molecule has 0 aliphatic heterocycles. The molecule has 0 aliphatic carbocycles. The Balaban J connectivity index is 3.33. The summed E-state index contributed by atoms with van der Waals surface area (Å²) >= 11 is 0. The van der Waals surface area contributed by atoms with Crippen molar-refractivity contribution in [3.8, 4) is 0 Å². The van der Waals surface area contributed by atoms with E-state index in [1.165, 1.54) is 6.08 Å². The lowest BCUT2D eigenvalue weighted by Crippen LogP contribution is -2.14. The van der Waals surface area contributed by atoms with Gasteiger partial charge in [-0.15, -0.1) is 6.58 Å². The lowest BCUT2D eigenvalue weighted by Gasteiger charge is -2.09. The van der Waals surface area contributed by atoms with Crippen LogP contribution in [0.1, 0.15) is 19.8 Å². The van der Waals surface area contributed by atoms with Crippen LogP contribution in [-0.4, -0.2) is 22.4 Å². The van der Waals surface area contributed by atoms with Crippen LogP contribution < -0.4 is 0 Å². The van der Waals surface area contributed by atoms with Crippen molar-refractivity contribution in [1.29, 1.82) is 0 Å². The zero-order valence-corrected chi connectivity index (χ0v) is 5.75. The molecule has 0 saturated heterocycles. The molecule has 0 amide bonds. The maximum Gasteiger partial charge on any atom is 0.0742 e. The smallest absolute Gasteiger partial charge is 0.0742 e. The number of aliphatic hydroxyl groups excluding tert-OH is 2. The third-order valence-electron chi connectivity index (χ3n) is 1.26. The summed E-state index contributed by atoms with van der Waals surface area (Å²) in [5, 5.41) is 17.8. The van der Waals surface area contributed by atoms with Gasteiger partial charge in [0.2, 0.25) is 0 Å². The van der Waals surface area contributed by atoms with Crippen LogP contribution in [0.5, 0.6) is 0 Å². The number of aliphatic hydroxyl groups is 2.